The summed E-state index contributed by atoms with van der Waals surface area (Å²) in [7, 11) is 0. The Hall–Kier alpha value is -0.120. The van der Waals surface area contributed by atoms with Gasteiger partial charge in [-0.1, -0.05) is 6.92 Å². The Kier molecular flexibility index (Phi) is 2.65. The van der Waals surface area contributed by atoms with Crippen LogP contribution in [-0.2, 0) is 0 Å². The van der Waals surface area contributed by atoms with Crippen LogP contribution in [0.1, 0.15) is 13.3 Å². The van der Waals surface area contributed by atoms with Gasteiger partial charge in [0.05, 0.1) is 12.7 Å². The molecule has 0 unspecified atom stereocenters. The van der Waals surface area contributed by atoms with Gasteiger partial charge in [-0.3, -0.25) is 4.90 Å². The minimum absolute atomic E-state index is 0.172. The fraction of sp³-hybridized carbons (Fsp3) is 1.00. The Morgan fingerprint density at radius 1 is 1.60 bits per heavy atom. The molecule has 1 heterocycles. The maximum Gasteiger partial charge on any atom is 0.0683 e. The van der Waals surface area contributed by atoms with E-state index in [2.05, 4.69) is 4.90 Å². The Morgan fingerprint density at radius 2 is 2.30 bits per heavy atom. The SMILES string of the molecule is CCN1C[C@H](O)C[C@H]1CO. The first-order chi connectivity index (χ1) is 4.77. The monoisotopic (exact) mass is 145 g/mol. The van der Waals surface area contributed by atoms with Gasteiger partial charge >= 0.3 is 0 Å². The number of aliphatic hydroxyl groups is 2. The van der Waals surface area contributed by atoms with E-state index in [1.165, 1.54) is 0 Å². The summed E-state index contributed by atoms with van der Waals surface area (Å²) in [6, 6.07) is 0.194. The lowest BCUT2D eigenvalue weighted by Gasteiger charge is -2.19. The number of likely N-dealkylation sites (N-methyl/N-ethyl adjacent to an activating group) is 1. The summed E-state index contributed by atoms with van der Waals surface area (Å²) >= 11 is 0. The number of rotatable bonds is 2. The molecular weight excluding hydrogens is 130 g/mol. The second-order valence-electron chi connectivity index (χ2n) is 2.81. The maximum atomic E-state index is 9.18. The van der Waals surface area contributed by atoms with Crippen LogP contribution in [0, 0.1) is 0 Å². The van der Waals surface area contributed by atoms with Gasteiger partial charge in [-0.2, -0.15) is 0 Å². The highest BCUT2D eigenvalue weighted by Crippen LogP contribution is 2.15. The first-order valence-electron chi connectivity index (χ1n) is 3.81. The average Bonchev–Trinajstić information content (AvgIpc) is 2.30. The van der Waals surface area contributed by atoms with E-state index in [9.17, 15) is 5.11 Å². The van der Waals surface area contributed by atoms with Gasteiger partial charge in [0.15, 0.2) is 0 Å². The standard InChI is InChI=1S/C7H15NO2/c1-2-8-4-7(10)3-6(8)5-9/h6-7,9-10H,2-5H2,1H3/t6-,7+/m0/s1. The van der Waals surface area contributed by atoms with E-state index in [-0.39, 0.29) is 18.8 Å². The van der Waals surface area contributed by atoms with Crippen LogP contribution in [0.15, 0.2) is 0 Å². The number of aliphatic hydroxyl groups excluding tert-OH is 2. The van der Waals surface area contributed by atoms with E-state index < -0.39 is 0 Å². The third kappa shape index (κ3) is 1.48. The zero-order valence-electron chi connectivity index (χ0n) is 6.32. The van der Waals surface area contributed by atoms with Gasteiger partial charge in [0.2, 0.25) is 0 Å². The maximum absolute atomic E-state index is 9.18. The molecule has 0 aromatic carbocycles. The summed E-state index contributed by atoms with van der Waals surface area (Å²) in [6.07, 6.45) is 0.502. The van der Waals surface area contributed by atoms with Crippen LogP contribution >= 0.6 is 0 Å². The fourth-order valence-corrected chi connectivity index (χ4v) is 1.53. The summed E-state index contributed by atoms with van der Waals surface area (Å²) in [5.41, 5.74) is 0. The van der Waals surface area contributed by atoms with Gasteiger partial charge in [-0.15, -0.1) is 0 Å². The Labute approximate surface area is 61.3 Å². The van der Waals surface area contributed by atoms with Crippen LogP contribution in [0.25, 0.3) is 0 Å². The number of hydrogen-bond acceptors (Lipinski definition) is 3. The molecule has 0 bridgehead atoms. The molecule has 10 heavy (non-hydrogen) atoms. The molecule has 0 aromatic heterocycles. The van der Waals surface area contributed by atoms with Crippen LogP contribution in [-0.4, -0.2) is 47.0 Å². The van der Waals surface area contributed by atoms with Crippen LogP contribution in [0.2, 0.25) is 0 Å². The fourth-order valence-electron chi connectivity index (χ4n) is 1.53. The second-order valence-corrected chi connectivity index (χ2v) is 2.81. The van der Waals surface area contributed by atoms with E-state index >= 15 is 0 Å². The number of likely N-dealkylation sites (tertiary alicyclic amines) is 1. The summed E-state index contributed by atoms with van der Waals surface area (Å²) in [5.74, 6) is 0. The summed E-state index contributed by atoms with van der Waals surface area (Å²) in [5, 5.41) is 18.0. The van der Waals surface area contributed by atoms with E-state index in [1.54, 1.807) is 0 Å². The smallest absolute Gasteiger partial charge is 0.0683 e. The van der Waals surface area contributed by atoms with Crippen molar-refractivity contribution in [2.75, 3.05) is 19.7 Å². The van der Waals surface area contributed by atoms with Gasteiger partial charge in [0.25, 0.3) is 0 Å². The minimum atomic E-state index is -0.225. The molecule has 2 N–H and O–H groups in total. The lowest BCUT2D eigenvalue weighted by Crippen LogP contribution is -2.31. The average molecular weight is 145 g/mol. The molecule has 1 fully saturated rings. The highest BCUT2D eigenvalue weighted by molar-refractivity contribution is 4.83. The Balaban J connectivity index is 2.41. The summed E-state index contributed by atoms with van der Waals surface area (Å²) in [6.45, 7) is 3.86. The van der Waals surface area contributed by atoms with Crippen LogP contribution < -0.4 is 0 Å². The van der Waals surface area contributed by atoms with E-state index in [1.807, 2.05) is 6.92 Å². The molecule has 0 spiro atoms. The molecule has 2 atom stereocenters. The van der Waals surface area contributed by atoms with E-state index in [4.69, 9.17) is 5.11 Å². The summed E-state index contributed by atoms with van der Waals surface area (Å²) < 4.78 is 0. The van der Waals surface area contributed by atoms with Gasteiger partial charge in [0.1, 0.15) is 0 Å². The van der Waals surface area contributed by atoms with Crippen molar-refractivity contribution in [3.8, 4) is 0 Å². The van der Waals surface area contributed by atoms with Crippen molar-refractivity contribution >= 4 is 0 Å². The van der Waals surface area contributed by atoms with E-state index in [0.29, 0.717) is 0 Å². The van der Waals surface area contributed by atoms with Gasteiger partial charge < -0.3 is 10.2 Å². The Morgan fingerprint density at radius 3 is 2.70 bits per heavy atom. The van der Waals surface area contributed by atoms with E-state index in [0.717, 1.165) is 19.5 Å². The predicted molar refractivity (Wildman–Crippen MR) is 38.7 cm³/mol. The quantitative estimate of drug-likeness (QED) is 0.547. The Bertz CT molecular complexity index is 95.8. The van der Waals surface area contributed by atoms with Crippen LogP contribution in [0.5, 0.6) is 0 Å². The molecule has 0 saturated carbocycles. The molecule has 1 aliphatic rings. The molecule has 0 aromatic rings. The van der Waals surface area contributed by atoms with Crippen molar-refractivity contribution in [2.24, 2.45) is 0 Å². The third-order valence-electron chi connectivity index (χ3n) is 2.12. The van der Waals surface area contributed by atoms with Crippen LogP contribution in [0.4, 0.5) is 0 Å². The van der Waals surface area contributed by atoms with Crippen molar-refractivity contribution in [1.29, 1.82) is 0 Å². The molecule has 60 valence electrons. The highest BCUT2D eigenvalue weighted by atomic mass is 16.3. The number of nitrogens with zero attached hydrogens (tertiary/aromatic N) is 1. The molecule has 3 heteroatoms. The number of β-amino-alcohol motifs (C(OH)–C–C–N with tert-alkyl or cyclic N) is 1. The molecule has 0 amide bonds. The molecular formula is C7H15NO2. The predicted octanol–water partition coefficient (Wildman–Crippen LogP) is -0.566. The lowest BCUT2D eigenvalue weighted by atomic mass is 10.2. The zero-order valence-corrected chi connectivity index (χ0v) is 6.32. The van der Waals surface area contributed by atoms with Crippen molar-refractivity contribution in [3.63, 3.8) is 0 Å². The first-order valence-corrected chi connectivity index (χ1v) is 3.81. The molecule has 1 aliphatic heterocycles. The summed E-state index contributed by atoms with van der Waals surface area (Å²) in [4.78, 5) is 2.10. The molecule has 1 rings (SSSR count). The number of hydrogen-bond donors (Lipinski definition) is 2. The van der Waals surface area contributed by atoms with Gasteiger partial charge in [-0.05, 0) is 13.0 Å². The van der Waals surface area contributed by atoms with Gasteiger partial charge in [-0.25, -0.2) is 0 Å². The highest BCUT2D eigenvalue weighted by Gasteiger charge is 2.28. The third-order valence-corrected chi connectivity index (χ3v) is 2.12. The molecule has 0 radical (unpaired) electrons. The van der Waals surface area contributed by atoms with Crippen molar-refractivity contribution in [3.05, 3.63) is 0 Å². The topological polar surface area (TPSA) is 43.7 Å². The molecule has 0 aliphatic carbocycles. The van der Waals surface area contributed by atoms with Crippen molar-refractivity contribution in [1.82, 2.24) is 4.90 Å². The first kappa shape index (κ1) is 7.98. The van der Waals surface area contributed by atoms with Crippen molar-refractivity contribution in [2.45, 2.75) is 25.5 Å². The second kappa shape index (κ2) is 3.32. The van der Waals surface area contributed by atoms with Crippen LogP contribution in [0.3, 0.4) is 0 Å². The molecule has 3 nitrogen and oxygen atoms in total. The molecule has 1 saturated heterocycles. The minimum Gasteiger partial charge on any atom is -0.395 e. The lowest BCUT2D eigenvalue weighted by molar-refractivity contribution is 0.161. The zero-order chi connectivity index (χ0) is 7.56. The van der Waals surface area contributed by atoms with Crippen molar-refractivity contribution < 1.29 is 10.2 Å². The van der Waals surface area contributed by atoms with Gasteiger partial charge in [0, 0.05) is 12.6 Å². The normalized spacial score (nSPS) is 35.1. The largest absolute Gasteiger partial charge is 0.395 e.